The summed E-state index contributed by atoms with van der Waals surface area (Å²) in [6, 6.07) is 8.03. The minimum Gasteiger partial charge on any atom is -0.486 e. The number of esters is 3. The van der Waals surface area contributed by atoms with Crippen molar-refractivity contribution in [3.63, 3.8) is 0 Å². The Bertz CT molecular complexity index is 1230. The summed E-state index contributed by atoms with van der Waals surface area (Å²) in [5.74, 6) is -1.41. The maximum absolute atomic E-state index is 12.2. The molecule has 2 aromatic rings. The molecule has 1 aromatic heterocycles. The van der Waals surface area contributed by atoms with E-state index in [9.17, 15) is 19.2 Å². The van der Waals surface area contributed by atoms with Gasteiger partial charge in [0.15, 0.2) is 29.0 Å². The first-order valence-corrected chi connectivity index (χ1v) is 12.1. The highest BCUT2D eigenvalue weighted by molar-refractivity contribution is 7.71. The number of aromatic nitrogens is 3. The topological polar surface area (TPSA) is 149 Å². The second-order valence-corrected chi connectivity index (χ2v) is 8.91. The smallest absolute Gasteiger partial charge is 0.303 e. The van der Waals surface area contributed by atoms with Crippen molar-refractivity contribution in [3.8, 4) is 5.75 Å². The molecule has 1 fully saturated rings. The SMILES string of the molecule is CC(=O)N[C@@H]1[C@@H](OC(C)=O)[C@H](OC(C)=O)[C@@H](COC(C)=O)O[C@H]1n1nc(COc2ccccc2)n(C)c1=S. The third-order valence-corrected chi connectivity index (χ3v) is 6.00. The fourth-order valence-corrected chi connectivity index (χ4v) is 4.22. The van der Waals surface area contributed by atoms with E-state index < -0.39 is 54.4 Å². The van der Waals surface area contributed by atoms with Crippen LogP contribution >= 0.6 is 12.2 Å². The number of ether oxygens (including phenoxy) is 5. The lowest BCUT2D eigenvalue weighted by Crippen LogP contribution is -2.64. The molecule has 0 saturated carbocycles. The van der Waals surface area contributed by atoms with Crippen LogP contribution in [0.3, 0.4) is 0 Å². The molecule has 1 saturated heterocycles. The molecule has 0 bridgehead atoms. The van der Waals surface area contributed by atoms with E-state index in [-0.39, 0.29) is 18.0 Å². The van der Waals surface area contributed by atoms with E-state index in [1.807, 2.05) is 18.2 Å². The van der Waals surface area contributed by atoms with Gasteiger partial charge in [-0.2, -0.15) is 5.10 Å². The Balaban J connectivity index is 2.04. The van der Waals surface area contributed by atoms with Gasteiger partial charge in [-0.3, -0.25) is 19.2 Å². The van der Waals surface area contributed by atoms with E-state index in [2.05, 4.69) is 10.4 Å². The first-order valence-electron chi connectivity index (χ1n) is 11.7. The Labute approximate surface area is 223 Å². The molecule has 0 unspecified atom stereocenters. The Morgan fingerprint density at radius 2 is 1.63 bits per heavy atom. The summed E-state index contributed by atoms with van der Waals surface area (Å²) < 4.78 is 31.2. The number of amides is 1. The summed E-state index contributed by atoms with van der Waals surface area (Å²) in [7, 11) is 1.69. The minimum absolute atomic E-state index is 0.0645. The van der Waals surface area contributed by atoms with Gasteiger partial charge in [-0.25, -0.2) is 4.68 Å². The first kappa shape index (κ1) is 28.8. The molecule has 1 amide bonds. The zero-order chi connectivity index (χ0) is 28.0. The van der Waals surface area contributed by atoms with Gasteiger partial charge in [0.1, 0.15) is 31.1 Å². The number of hydrogen-bond acceptors (Lipinski definition) is 11. The third kappa shape index (κ3) is 7.16. The van der Waals surface area contributed by atoms with Crippen LogP contribution < -0.4 is 10.1 Å². The van der Waals surface area contributed by atoms with Crippen molar-refractivity contribution in [1.29, 1.82) is 0 Å². The van der Waals surface area contributed by atoms with Crippen LogP contribution in [-0.4, -0.2) is 69.1 Å². The van der Waals surface area contributed by atoms with Gasteiger partial charge in [0.2, 0.25) is 5.91 Å². The van der Waals surface area contributed by atoms with Crippen LogP contribution in [0.25, 0.3) is 0 Å². The van der Waals surface area contributed by atoms with Crippen molar-refractivity contribution in [2.75, 3.05) is 6.61 Å². The second-order valence-electron chi connectivity index (χ2n) is 8.55. The third-order valence-electron chi connectivity index (χ3n) is 5.54. The van der Waals surface area contributed by atoms with Gasteiger partial charge < -0.3 is 33.6 Å². The molecule has 0 radical (unpaired) electrons. The van der Waals surface area contributed by atoms with E-state index in [1.165, 1.54) is 32.4 Å². The fraction of sp³-hybridized carbons (Fsp3) is 0.500. The monoisotopic (exact) mass is 550 g/mol. The molecule has 1 N–H and O–H groups in total. The zero-order valence-corrected chi connectivity index (χ0v) is 22.4. The number of carbonyl (C=O) groups is 4. The first-order chi connectivity index (χ1) is 18.0. The Hall–Kier alpha value is -3.78. The van der Waals surface area contributed by atoms with Gasteiger partial charge in [0, 0.05) is 34.7 Å². The second kappa shape index (κ2) is 12.6. The van der Waals surface area contributed by atoms with Gasteiger partial charge in [-0.05, 0) is 24.4 Å². The molecule has 1 aromatic carbocycles. The van der Waals surface area contributed by atoms with E-state index in [4.69, 9.17) is 35.9 Å². The van der Waals surface area contributed by atoms with E-state index >= 15 is 0 Å². The van der Waals surface area contributed by atoms with Crippen molar-refractivity contribution < 1.29 is 42.9 Å². The van der Waals surface area contributed by atoms with Crippen molar-refractivity contribution in [2.45, 2.75) is 64.9 Å². The standard InChI is InChI=1S/C24H30N4O9S/c1-13(29)25-20-22(36-16(4)32)21(35-15(3)31)18(11-33-14(2)30)37-23(20)28-24(38)27(5)19(26-28)12-34-17-9-7-6-8-10-17/h6-10,18,20-23H,11-12H2,1-5H3,(H,25,29)/t18-,20-,21-,22-,23-/m1/s1. The van der Waals surface area contributed by atoms with E-state index in [0.717, 1.165) is 0 Å². The summed E-state index contributed by atoms with van der Waals surface area (Å²) in [5.41, 5.74) is 0. The average Bonchev–Trinajstić information content (AvgIpc) is 3.12. The minimum atomic E-state index is -1.23. The van der Waals surface area contributed by atoms with Gasteiger partial charge in [0.25, 0.3) is 0 Å². The molecular weight excluding hydrogens is 520 g/mol. The molecule has 5 atom stereocenters. The van der Waals surface area contributed by atoms with Gasteiger partial charge >= 0.3 is 17.9 Å². The summed E-state index contributed by atoms with van der Waals surface area (Å²) >= 11 is 5.60. The number of benzene rings is 1. The molecule has 38 heavy (non-hydrogen) atoms. The van der Waals surface area contributed by atoms with E-state index in [0.29, 0.717) is 11.6 Å². The Morgan fingerprint density at radius 3 is 2.21 bits per heavy atom. The summed E-state index contributed by atoms with van der Waals surface area (Å²) in [4.78, 5) is 47.7. The summed E-state index contributed by atoms with van der Waals surface area (Å²) in [5, 5.41) is 7.25. The maximum Gasteiger partial charge on any atom is 0.303 e. The van der Waals surface area contributed by atoms with Crippen LogP contribution in [0.5, 0.6) is 5.75 Å². The quantitative estimate of drug-likeness (QED) is 0.274. The Kier molecular flexibility index (Phi) is 9.58. The van der Waals surface area contributed by atoms with Crippen LogP contribution in [0.15, 0.2) is 30.3 Å². The summed E-state index contributed by atoms with van der Waals surface area (Å²) in [6.45, 7) is 4.55. The number of nitrogens with one attached hydrogen (secondary N) is 1. The largest absolute Gasteiger partial charge is 0.486 e. The van der Waals surface area contributed by atoms with Crippen LogP contribution in [0.4, 0.5) is 0 Å². The molecule has 1 aliphatic rings. The van der Waals surface area contributed by atoms with Crippen molar-refractivity contribution >= 4 is 36.0 Å². The fourth-order valence-electron chi connectivity index (χ4n) is 3.97. The maximum atomic E-state index is 12.2. The van der Waals surface area contributed by atoms with Gasteiger partial charge in [0.05, 0.1) is 0 Å². The molecule has 0 aliphatic carbocycles. The Morgan fingerprint density at radius 1 is 1.00 bits per heavy atom. The molecule has 13 nitrogen and oxygen atoms in total. The molecule has 1 aliphatic heterocycles. The van der Waals surface area contributed by atoms with Crippen LogP contribution in [0.2, 0.25) is 0 Å². The van der Waals surface area contributed by atoms with Crippen LogP contribution in [0.1, 0.15) is 39.7 Å². The predicted molar refractivity (Wildman–Crippen MR) is 132 cm³/mol. The molecular formula is C24H30N4O9S. The number of para-hydroxylation sites is 1. The van der Waals surface area contributed by atoms with Crippen LogP contribution in [-0.2, 0) is 51.8 Å². The van der Waals surface area contributed by atoms with Crippen molar-refractivity contribution in [2.24, 2.45) is 7.05 Å². The highest BCUT2D eigenvalue weighted by Crippen LogP contribution is 2.33. The normalized spacial score (nSPS) is 22.7. The lowest BCUT2D eigenvalue weighted by molar-refractivity contribution is -0.239. The molecule has 14 heteroatoms. The number of rotatable bonds is 9. The molecule has 3 rings (SSSR count). The van der Waals surface area contributed by atoms with Crippen molar-refractivity contribution in [3.05, 3.63) is 40.9 Å². The highest BCUT2D eigenvalue weighted by Gasteiger charge is 2.52. The lowest BCUT2D eigenvalue weighted by atomic mass is 9.95. The predicted octanol–water partition coefficient (Wildman–Crippen LogP) is 1.36. The number of hydrogen-bond donors (Lipinski definition) is 1. The highest BCUT2D eigenvalue weighted by atomic mass is 32.1. The van der Waals surface area contributed by atoms with Crippen molar-refractivity contribution in [1.82, 2.24) is 19.7 Å². The molecule has 206 valence electrons. The summed E-state index contributed by atoms with van der Waals surface area (Å²) in [6.07, 6.45) is -4.68. The zero-order valence-electron chi connectivity index (χ0n) is 21.6. The van der Waals surface area contributed by atoms with Gasteiger partial charge in [-0.1, -0.05) is 18.2 Å². The van der Waals surface area contributed by atoms with Gasteiger partial charge in [-0.15, -0.1) is 0 Å². The molecule has 2 heterocycles. The van der Waals surface area contributed by atoms with E-state index in [1.54, 1.807) is 23.7 Å². The molecule has 0 spiro atoms. The number of carbonyl (C=O) groups excluding carboxylic acids is 4. The van der Waals surface area contributed by atoms with Crippen LogP contribution in [0, 0.1) is 4.77 Å². The average molecular weight is 551 g/mol. The lowest BCUT2D eigenvalue weighted by Gasteiger charge is -2.45. The number of nitrogens with zero attached hydrogens (tertiary/aromatic N) is 3.